The van der Waals surface area contributed by atoms with Crippen molar-refractivity contribution in [1.82, 2.24) is 0 Å². The maximum absolute atomic E-state index is 10.8. The van der Waals surface area contributed by atoms with Crippen LogP contribution in [0.15, 0.2) is 30.3 Å². The third-order valence-corrected chi connectivity index (χ3v) is 3.26. The molecule has 1 aromatic carbocycles. The molecular weight excluding hydrogens is 222 g/mol. The van der Waals surface area contributed by atoms with E-state index in [1.165, 1.54) is 18.3 Å². The quantitative estimate of drug-likeness (QED) is 0.746. The highest BCUT2D eigenvalue weighted by atomic mass is 32.1. The Labute approximate surface area is 96.9 Å². The first kappa shape index (κ1) is 10.7. The number of benzene rings is 1. The number of carbonyl (C=O) groups is 1. The second-order valence-electron chi connectivity index (χ2n) is 3.31. The van der Waals surface area contributed by atoms with Crippen molar-refractivity contribution in [2.24, 2.45) is 0 Å². The Morgan fingerprint density at radius 1 is 1.50 bits per heavy atom. The third kappa shape index (κ3) is 2.05. The van der Waals surface area contributed by atoms with Gasteiger partial charge in [0.2, 0.25) is 6.10 Å². The second kappa shape index (κ2) is 4.33. The Morgan fingerprint density at radius 2 is 2.25 bits per heavy atom. The van der Waals surface area contributed by atoms with Crippen molar-refractivity contribution < 1.29 is 9.53 Å². The minimum atomic E-state index is -0.796. The number of hydrogen-bond acceptors (Lipinski definition) is 4. The van der Waals surface area contributed by atoms with E-state index in [1.54, 1.807) is 0 Å². The van der Waals surface area contributed by atoms with Gasteiger partial charge in [-0.25, -0.2) is 0 Å². The average Bonchev–Trinajstić information content (AvgIpc) is 2.68. The van der Waals surface area contributed by atoms with Gasteiger partial charge in [0.25, 0.3) is 0 Å². The number of carbonyl (C=O) groups excluding carboxylic acids is 1. The number of ether oxygens (including phenoxy) is 1. The number of esters is 1. The maximum atomic E-state index is 10.8. The van der Waals surface area contributed by atoms with Gasteiger partial charge in [0.05, 0.1) is 4.88 Å². The number of nitriles is 1. The van der Waals surface area contributed by atoms with E-state index in [2.05, 4.69) is 0 Å². The summed E-state index contributed by atoms with van der Waals surface area (Å²) in [7, 11) is 0. The van der Waals surface area contributed by atoms with Gasteiger partial charge in [-0.05, 0) is 17.5 Å². The Bertz CT molecular complexity index is 535. The summed E-state index contributed by atoms with van der Waals surface area (Å²) in [5.41, 5.74) is 0. The molecule has 0 aliphatic heterocycles. The first-order valence-electron chi connectivity index (χ1n) is 4.76. The maximum Gasteiger partial charge on any atom is 0.304 e. The smallest absolute Gasteiger partial charge is 0.304 e. The molecule has 0 saturated carbocycles. The van der Waals surface area contributed by atoms with Crippen LogP contribution in [0, 0.1) is 11.3 Å². The van der Waals surface area contributed by atoms with Gasteiger partial charge in [0, 0.05) is 11.6 Å². The molecule has 1 unspecified atom stereocenters. The van der Waals surface area contributed by atoms with E-state index in [1.807, 2.05) is 36.4 Å². The van der Waals surface area contributed by atoms with Crippen molar-refractivity contribution in [3.63, 3.8) is 0 Å². The van der Waals surface area contributed by atoms with Crippen LogP contribution < -0.4 is 0 Å². The van der Waals surface area contributed by atoms with Gasteiger partial charge < -0.3 is 4.74 Å². The van der Waals surface area contributed by atoms with Gasteiger partial charge >= 0.3 is 5.97 Å². The third-order valence-electron chi connectivity index (χ3n) is 2.10. The van der Waals surface area contributed by atoms with E-state index in [9.17, 15) is 4.79 Å². The summed E-state index contributed by atoms with van der Waals surface area (Å²) in [6, 6.07) is 11.7. The molecule has 0 aliphatic rings. The largest absolute Gasteiger partial charge is 0.441 e. The van der Waals surface area contributed by atoms with Crippen LogP contribution >= 0.6 is 11.3 Å². The molecule has 0 N–H and O–H groups in total. The minimum Gasteiger partial charge on any atom is -0.441 e. The second-order valence-corrected chi connectivity index (χ2v) is 4.42. The van der Waals surface area contributed by atoms with E-state index in [0.29, 0.717) is 0 Å². The van der Waals surface area contributed by atoms with Gasteiger partial charge in [-0.2, -0.15) is 5.26 Å². The number of thiophene rings is 1. The predicted molar refractivity (Wildman–Crippen MR) is 61.9 cm³/mol. The lowest BCUT2D eigenvalue weighted by atomic mass is 10.2. The average molecular weight is 231 g/mol. The zero-order chi connectivity index (χ0) is 11.5. The first-order chi connectivity index (χ1) is 7.70. The molecule has 0 radical (unpaired) electrons. The molecule has 80 valence electrons. The fraction of sp³-hybridized carbons (Fsp3) is 0.167. The van der Waals surface area contributed by atoms with Gasteiger partial charge in [-0.15, -0.1) is 11.3 Å². The highest BCUT2D eigenvalue weighted by Gasteiger charge is 2.16. The molecule has 4 heteroatoms. The van der Waals surface area contributed by atoms with Crippen molar-refractivity contribution in [2.75, 3.05) is 0 Å². The van der Waals surface area contributed by atoms with E-state index in [0.717, 1.165) is 15.0 Å². The lowest BCUT2D eigenvalue weighted by molar-refractivity contribution is -0.144. The standard InChI is InChI=1S/C12H9NO2S/c1-8(14)15-10(7-13)12-6-9-4-2-3-5-11(9)16-12/h2-6,10H,1H3. The van der Waals surface area contributed by atoms with Crippen molar-refractivity contribution in [2.45, 2.75) is 13.0 Å². The summed E-state index contributed by atoms with van der Waals surface area (Å²) < 4.78 is 6.01. The summed E-state index contributed by atoms with van der Waals surface area (Å²) >= 11 is 1.47. The van der Waals surface area contributed by atoms with E-state index in [-0.39, 0.29) is 0 Å². The highest BCUT2D eigenvalue weighted by molar-refractivity contribution is 7.19. The number of rotatable bonds is 2. The summed E-state index contributed by atoms with van der Waals surface area (Å²) in [5.74, 6) is -0.441. The molecule has 0 amide bonds. The molecule has 1 heterocycles. The predicted octanol–water partition coefficient (Wildman–Crippen LogP) is 3.03. The molecule has 2 rings (SSSR count). The SMILES string of the molecule is CC(=O)OC(C#N)c1cc2ccccc2s1. The van der Waals surface area contributed by atoms with Gasteiger partial charge in [0.15, 0.2) is 0 Å². The van der Waals surface area contributed by atoms with Crippen LogP contribution in [0.25, 0.3) is 10.1 Å². The molecule has 2 aromatic rings. The summed E-state index contributed by atoms with van der Waals surface area (Å²) in [4.78, 5) is 11.6. The Hall–Kier alpha value is -1.86. The number of nitrogens with zero attached hydrogens (tertiary/aromatic N) is 1. The van der Waals surface area contributed by atoms with Crippen molar-refractivity contribution in [3.8, 4) is 6.07 Å². The summed E-state index contributed by atoms with van der Waals surface area (Å²) in [6.07, 6.45) is -0.796. The molecule has 1 atom stereocenters. The van der Waals surface area contributed by atoms with Crippen LogP contribution in [0.1, 0.15) is 17.9 Å². The lowest BCUT2D eigenvalue weighted by Gasteiger charge is -2.05. The van der Waals surface area contributed by atoms with Gasteiger partial charge in [-0.1, -0.05) is 18.2 Å². The zero-order valence-corrected chi connectivity index (χ0v) is 9.45. The molecule has 16 heavy (non-hydrogen) atoms. The molecule has 3 nitrogen and oxygen atoms in total. The zero-order valence-electron chi connectivity index (χ0n) is 8.64. The monoisotopic (exact) mass is 231 g/mol. The van der Waals surface area contributed by atoms with Gasteiger partial charge in [0.1, 0.15) is 6.07 Å². The molecule has 0 saturated heterocycles. The fourth-order valence-electron chi connectivity index (χ4n) is 1.45. The van der Waals surface area contributed by atoms with Crippen LogP contribution in [0.3, 0.4) is 0 Å². The fourth-order valence-corrected chi connectivity index (χ4v) is 2.48. The number of hydrogen-bond donors (Lipinski definition) is 0. The lowest BCUT2D eigenvalue weighted by Crippen LogP contribution is -2.04. The molecular formula is C12H9NO2S. The summed E-state index contributed by atoms with van der Waals surface area (Å²) in [6.45, 7) is 1.30. The first-order valence-corrected chi connectivity index (χ1v) is 5.57. The Kier molecular flexibility index (Phi) is 2.88. The van der Waals surface area contributed by atoms with Crippen LogP contribution in [0.4, 0.5) is 0 Å². The van der Waals surface area contributed by atoms with Crippen LogP contribution in [-0.4, -0.2) is 5.97 Å². The molecule has 1 aromatic heterocycles. The van der Waals surface area contributed by atoms with Crippen molar-refractivity contribution >= 4 is 27.4 Å². The van der Waals surface area contributed by atoms with Crippen LogP contribution in [-0.2, 0) is 9.53 Å². The molecule has 0 fully saturated rings. The topological polar surface area (TPSA) is 50.1 Å². The molecule has 0 aliphatic carbocycles. The van der Waals surface area contributed by atoms with Gasteiger partial charge in [-0.3, -0.25) is 4.79 Å². The summed E-state index contributed by atoms with van der Waals surface area (Å²) in [5, 5.41) is 10.00. The van der Waals surface area contributed by atoms with Crippen molar-refractivity contribution in [1.29, 1.82) is 5.26 Å². The molecule has 0 bridgehead atoms. The van der Waals surface area contributed by atoms with E-state index < -0.39 is 12.1 Å². The highest BCUT2D eigenvalue weighted by Crippen LogP contribution is 2.31. The molecule has 0 spiro atoms. The van der Waals surface area contributed by atoms with Crippen molar-refractivity contribution in [3.05, 3.63) is 35.2 Å². The Balaban J connectivity index is 2.38. The van der Waals surface area contributed by atoms with E-state index in [4.69, 9.17) is 10.00 Å². The number of fused-ring (bicyclic) bond motifs is 1. The van der Waals surface area contributed by atoms with Crippen LogP contribution in [0.5, 0.6) is 0 Å². The van der Waals surface area contributed by atoms with E-state index >= 15 is 0 Å². The minimum absolute atomic E-state index is 0.441. The normalized spacial score (nSPS) is 12.0. The Morgan fingerprint density at radius 3 is 2.88 bits per heavy atom. The van der Waals surface area contributed by atoms with Crippen LogP contribution in [0.2, 0.25) is 0 Å².